The van der Waals surface area contributed by atoms with E-state index in [1.165, 1.54) is 11.1 Å². The molecule has 0 atom stereocenters. The van der Waals surface area contributed by atoms with E-state index in [9.17, 15) is 8.42 Å². The molecule has 2 heterocycles. The molecule has 0 aromatic heterocycles. The fraction of sp³-hybridized carbons (Fsp3) is 0.444. The highest BCUT2D eigenvalue weighted by atomic mass is 32.2. The lowest BCUT2D eigenvalue weighted by atomic mass is 9.98. The molecule has 2 aliphatic rings. The molecule has 0 saturated heterocycles. The van der Waals surface area contributed by atoms with Crippen LogP contribution < -0.4 is 4.31 Å². The van der Waals surface area contributed by atoms with Crippen molar-refractivity contribution in [1.29, 1.82) is 0 Å². The van der Waals surface area contributed by atoms with Gasteiger partial charge >= 0.3 is 0 Å². The first-order valence-electron chi connectivity index (χ1n) is 7.97. The van der Waals surface area contributed by atoms with E-state index in [0.717, 1.165) is 34.0 Å². The Bertz CT molecular complexity index is 953. The number of sulfonamides is 1. The van der Waals surface area contributed by atoms with Crippen LogP contribution in [0.5, 0.6) is 0 Å². The molecule has 0 fully saturated rings. The van der Waals surface area contributed by atoms with Crippen LogP contribution in [0.1, 0.15) is 31.9 Å². The zero-order valence-electron chi connectivity index (χ0n) is 14.3. The molecule has 4 nitrogen and oxygen atoms in total. The molecule has 122 valence electrons. The van der Waals surface area contributed by atoms with Gasteiger partial charge in [-0.15, -0.1) is 0 Å². The number of hydrogen-bond donors (Lipinski definition) is 0. The average molecular weight is 331 g/mol. The van der Waals surface area contributed by atoms with Crippen LogP contribution in [0.25, 0.3) is 10.8 Å². The second kappa shape index (κ2) is 4.08. The third-order valence-corrected chi connectivity index (χ3v) is 6.94. The Kier molecular flexibility index (Phi) is 2.66. The van der Waals surface area contributed by atoms with E-state index in [0.29, 0.717) is 4.90 Å². The summed E-state index contributed by atoms with van der Waals surface area (Å²) in [6.07, 6.45) is 0. The standard InChI is InChI=1S/C18H23N2O2S/c1-18(2,3)19-15-8-6-7-13-14-11-20(4,5)10-12(14)9-16(17(13)15)23(19,21)22/h6-9H,10-11H2,1-5H3/q+1. The first-order valence-corrected chi connectivity index (χ1v) is 9.41. The third kappa shape index (κ3) is 1.90. The van der Waals surface area contributed by atoms with Gasteiger partial charge in [0.05, 0.1) is 24.7 Å². The van der Waals surface area contributed by atoms with Crippen LogP contribution in [0.3, 0.4) is 0 Å². The summed E-state index contributed by atoms with van der Waals surface area (Å²) in [6.45, 7) is 7.67. The summed E-state index contributed by atoms with van der Waals surface area (Å²) in [5, 5.41) is 2.01. The molecule has 0 N–H and O–H groups in total. The van der Waals surface area contributed by atoms with Crippen molar-refractivity contribution in [3.05, 3.63) is 35.4 Å². The normalized spacial score (nSPS) is 21.0. The van der Waals surface area contributed by atoms with E-state index in [1.54, 1.807) is 4.31 Å². The maximum Gasteiger partial charge on any atom is 0.265 e. The highest BCUT2D eigenvalue weighted by Gasteiger charge is 2.44. The van der Waals surface area contributed by atoms with E-state index in [1.807, 2.05) is 39.0 Å². The molecular formula is C18H23N2O2S+. The van der Waals surface area contributed by atoms with E-state index in [-0.39, 0.29) is 0 Å². The monoisotopic (exact) mass is 331 g/mol. The van der Waals surface area contributed by atoms with Crippen molar-refractivity contribution in [2.24, 2.45) is 0 Å². The lowest BCUT2D eigenvalue weighted by Gasteiger charge is -2.32. The molecule has 0 bridgehead atoms. The van der Waals surface area contributed by atoms with Crippen molar-refractivity contribution in [3.8, 4) is 0 Å². The summed E-state index contributed by atoms with van der Waals surface area (Å²) in [5.41, 5.74) is 2.83. The maximum absolute atomic E-state index is 13.2. The second-order valence-electron chi connectivity index (χ2n) is 8.40. The van der Waals surface area contributed by atoms with Crippen LogP contribution in [-0.4, -0.2) is 32.5 Å². The molecule has 0 amide bonds. The number of rotatable bonds is 0. The predicted octanol–water partition coefficient (Wildman–Crippen LogP) is 3.24. The molecule has 0 aliphatic carbocycles. The lowest BCUT2D eigenvalue weighted by molar-refractivity contribution is -0.909. The smallest absolute Gasteiger partial charge is 0.265 e. The Morgan fingerprint density at radius 2 is 1.83 bits per heavy atom. The van der Waals surface area contributed by atoms with Gasteiger partial charge in [0, 0.05) is 22.1 Å². The molecule has 2 aliphatic heterocycles. The number of benzene rings is 2. The van der Waals surface area contributed by atoms with Crippen molar-refractivity contribution in [2.75, 3.05) is 18.4 Å². The molecule has 4 rings (SSSR count). The number of fused-ring (bicyclic) bond motifs is 2. The van der Waals surface area contributed by atoms with Crippen molar-refractivity contribution >= 4 is 26.5 Å². The Morgan fingerprint density at radius 3 is 2.48 bits per heavy atom. The van der Waals surface area contributed by atoms with Gasteiger partial charge < -0.3 is 4.48 Å². The van der Waals surface area contributed by atoms with Gasteiger partial charge in [-0.1, -0.05) is 12.1 Å². The molecule has 0 radical (unpaired) electrons. The summed E-state index contributed by atoms with van der Waals surface area (Å²) in [5.74, 6) is 0. The zero-order valence-corrected chi connectivity index (χ0v) is 15.2. The molecular weight excluding hydrogens is 308 g/mol. The van der Waals surface area contributed by atoms with Gasteiger partial charge in [-0.3, -0.25) is 4.31 Å². The summed E-state index contributed by atoms with van der Waals surface area (Å²) < 4.78 is 28.9. The summed E-state index contributed by atoms with van der Waals surface area (Å²) in [6, 6.07) is 7.92. The lowest BCUT2D eigenvalue weighted by Crippen LogP contribution is -2.43. The highest BCUT2D eigenvalue weighted by molar-refractivity contribution is 7.93. The van der Waals surface area contributed by atoms with E-state index < -0.39 is 15.6 Å². The second-order valence-corrected chi connectivity index (χ2v) is 10.2. The first kappa shape index (κ1) is 15.0. The predicted molar refractivity (Wildman–Crippen MR) is 92.9 cm³/mol. The Morgan fingerprint density at radius 1 is 1.13 bits per heavy atom. The van der Waals surface area contributed by atoms with Gasteiger partial charge in [-0.25, -0.2) is 8.42 Å². The van der Waals surface area contributed by atoms with Crippen LogP contribution in [0.15, 0.2) is 29.2 Å². The van der Waals surface area contributed by atoms with Crippen molar-refractivity contribution < 1.29 is 12.9 Å². The van der Waals surface area contributed by atoms with E-state index >= 15 is 0 Å². The minimum absolute atomic E-state index is 0.480. The van der Waals surface area contributed by atoms with Gasteiger partial charge in [-0.2, -0.15) is 0 Å². The van der Waals surface area contributed by atoms with Crippen LogP contribution in [0.2, 0.25) is 0 Å². The van der Waals surface area contributed by atoms with Crippen LogP contribution in [0.4, 0.5) is 5.69 Å². The Labute approximate surface area is 138 Å². The van der Waals surface area contributed by atoms with Gasteiger partial charge in [0.15, 0.2) is 0 Å². The minimum atomic E-state index is -3.49. The van der Waals surface area contributed by atoms with Gasteiger partial charge in [0.25, 0.3) is 10.0 Å². The van der Waals surface area contributed by atoms with Gasteiger partial charge in [-0.05, 0) is 38.3 Å². The van der Waals surface area contributed by atoms with Crippen LogP contribution >= 0.6 is 0 Å². The Balaban J connectivity index is 2.12. The van der Waals surface area contributed by atoms with Crippen molar-refractivity contribution in [2.45, 2.75) is 44.3 Å². The molecule has 2 aromatic carbocycles. The fourth-order valence-corrected chi connectivity index (χ4v) is 6.23. The van der Waals surface area contributed by atoms with Crippen molar-refractivity contribution in [3.63, 3.8) is 0 Å². The van der Waals surface area contributed by atoms with Crippen LogP contribution in [-0.2, 0) is 23.1 Å². The topological polar surface area (TPSA) is 37.4 Å². The van der Waals surface area contributed by atoms with Crippen LogP contribution in [0, 0.1) is 0 Å². The molecule has 2 aromatic rings. The molecule has 0 unspecified atom stereocenters. The number of quaternary nitrogens is 1. The first-order chi connectivity index (χ1) is 10.5. The molecule has 5 heteroatoms. The quantitative estimate of drug-likeness (QED) is 0.695. The van der Waals surface area contributed by atoms with Gasteiger partial charge in [0.2, 0.25) is 0 Å². The molecule has 0 spiro atoms. The largest absolute Gasteiger partial charge is 0.321 e. The van der Waals surface area contributed by atoms with Crippen molar-refractivity contribution in [1.82, 2.24) is 0 Å². The molecule has 23 heavy (non-hydrogen) atoms. The van der Waals surface area contributed by atoms with E-state index in [4.69, 9.17) is 0 Å². The number of hydrogen-bond acceptors (Lipinski definition) is 2. The van der Waals surface area contributed by atoms with Gasteiger partial charge in [0.1, 0.15) is 13.1 Å². The Hall–Kier alpha value is -1.59. The molecule has 0 saturated carbocycles. The highest BCUT2D eigenvalue weighted by Crippen LogP contribution is 2.48. The summed E-state index contributed by atoms with van der Waals surface area (Å²) >= 11 is 0. The minimum Gasteiger partial charge on any atom is -0.321 e. The zero-order chi connectivity index (χ0) is 16.8. The summed E-state index contributed by atoms with van der Waals surface area (Å²) in [7, 11) is 0.894. The number of anilines is 1. The maximum atomic E-state index is 13.2. The van der Waals surface area contributed by atoms with E-state index in [2.05, 4.69) is 20.2 Å². The average Bonchev–Trinajstić information content (AvgIpc) is 2.81. The fourth-order valence-electron chi connectivity index (χ4n) is 4.14. The number of nitrogens with zero attached hydrogens (tertiary/aromatic N) is 2. The third-order valence-electron chi connectivity index (χ3n) is 4.84. The summed E-state index contributed by atoms with van der Waals surface area (Å²) in [4.78, 5) is 0.485. The SMILES string of the molecule is CC(C)(C)N1c2cccc3c4c(cc(c23)S1(=O)=O)C[N+](C)(C)C4.